The van der Waals surface area contributed by atoms with Crippen LogP contribution >= 0.6 is 0 Å². The fraction of sp³-hybridized carbons (Fsp3) is 0.500. The Labute approximate surface area is 234 Å². The van der Waals surface area contributed by atoms with Crippen LogP contribution < -0.4 is 16.0 Å². The molecule has 0 spiro atoms. The molecule has 8 nitrogen and oxygen atoms in total. The van der Waals surface area contributed by atoms with Crippen LogP contribution in [0.1, 0.15) is 78.2 Å². The van der Waals surface area contributed by atoms with Gasteiger partial charge in [-0.05, 0) is 87.0 Å². The summed E-state index contributed by atoms with van der Waals surface area (Å²) in [4.78, 5) is 16.5. The first-order valence-corrected chi connectivity index (χ1v) is 14.2. The third kappa shape index (κ3) is 4.68. The molecule has 11 heteroatoms. The van der Waals surface area contributed by atoms with E-state index in [1.54, 1.807) is 24.4 Å². The van der Waals surface area contributed by atoms with Gasteiger partial charge < -0.3 is 14.0 Å². The number of para-hydroxylation sites is 1. The lowest BCUT2D eigenvalue weighted by Gasteiger charge is -2.67. The normalized spacial score (nSPS) is 28.6. The van der Waals surface area contributed by atoms with E-state index in [2.05, 4.69) is 20.3 Å². The summed E-state index contributed by atoms with van der Waals surface area (Å²) in [6.45, 7) is 0.231. The van der Waals surface area contributed by atoms with Gasteiger partial charge in [0.25, 0.3) is 5.91 Å². The van der Waals surface area contributed by atoms with Gasteiger partial charge in [-0.3, -0.25) is 15.2 Å². The molecule has 2 unspecified atom stereocenters. The molecule has 3 N–H and O–H groups in total. The Morgan fingerprint density at radius 1 is 1.10 bits per heavy atom. The molecule has 0 radical (unpaired) electrons. The maximum absolute atomic E-state index is 13.1. The van der Waals surface area contributed by atoms with Gasteiger partial charge in [0.2, 0.25) is 0 Å². The summed E-state index contributed by atoms with van der Waals surface area (Å²) in [5, 5.41) is 4.20. The third-order valence-corrected chi connectivity index (χ3v) is 9.60. The molecular formula is C30H31F3N4O4. The Kier molecular flexibility index (Phi) is 6.35. The van der Waals surface area contributed by atoms with Crippen molar-refractivity contribution in [2.24, 2.45) is 23.6 Å². The molecule has 5 atom stereocenters. The van der Waals surface area contributed by atoms with Crippen molar-refractivity contribution in [1.82, 2.24) is 15.6 Å². The number of nitrogens with two attached hydrogens (primary N) is 1. The second-order valence-corrected chi connectivity index (χ2v) is 12.0. The Morgan fingerprint density at radius 2 is 1.90 bits per heavy atom. The maximum Gasteiger partial charge on any atom is 0.573 e. The van der Waals surface area contributed by atoms with Gasteiger partial charge in [-0.15, -0.1) is 13.2 Å². The second-order valence-electron chi connectivity index (χ2n) is 12.0. The minimum Gasteiger partial charge on any atom is -0.405 e. The number of hydrogen-bond acceptors (Lipinski definition) is 7. The average molecular weight is 569 g/mol. The smallest absolute Gasteiger partial charge is 0.405 e. The van der Waals surface area contributed by atoms with Crippen LogP contribution in [0.5, 0.6) is 5.75 Å². The molecule has 4 aliphatic rings. The first-order valence-electron chi connectivity index (χ1n) is 14.2. The Bertz CT molecular complexity index is 1450. The SMILES string of the molecule is NNC(=O)c1ccc(C23C[C@@H]4CC[C@@H](OCc5c(-c6ccccc6OC(F)(F)F)noc5C5CC5)C[C@@H](C2)C43)nc1. The number of rotatable bonds is 8. The van der Waals surface area contributed by atoms with Gasteiger partial charge in [-0.25, -0.2) is 5.84 Å². The summed E-state index contributed by atoms with van der Waals surface area (Å²) in [5.74, 6) is 7.21. The fourth-order valence-electron chi connectivity index (χ4n) is 7.73. The van der Waals surface area contributed by atoms with Gasteiger partial charge >= 0.3 is 6.36 Å². The molecule has 7 rings (SSSR count). The minimum absolute atomic E-state index is 0.0451. The molecule has 2 aromatic heterocycles. The molecule has 2 heterocycles. The van der Waals surface area contributed by atoms with Crippen molar-refractivity contribution in [1.29, 1.82) is 0 Å². The summed E-state index contributed by atoms with van der Waals surface area (Å²) in [6.07, 6.45) is 3.82. The fourth-order valence-corrected chi connectivity index (χ4v) is 7.73. The topological polar surface area (TPSA) is 112 Å². The Balaban J connectivity index is 1.06. The van der Waals surface area contributed by atoms with Crippen molar-refractivity contribution < 1.29 is 32.0 Å². The van der Waals surface area contributed by atoms with E-state index in [0.29, 0.717) is 40.3 Å². The van der Waals surface area contributed by atoms with Crippen LogP contribution in [0, 0.1) is 17.8 Å². The second kappa shape index (κ2) is 9.84. The predicted molar refractivity (Wildman–Crippen MR) is 140 cm³/mol. The summed E-state index contributed by atoms with van der Waals surface area (Å²) in [7, 11) is 0. The number of benzene rings is 1. The first kappa shape index (κ1) is 26.5. The number of carbonyl (C=O) groups is 1. The van der Waals surface area contributed by atoms with Gasteiger partial charge in [-0.2, -0.15) is 0 Å². The molecule has 1 amide bonds. The van der Waals surface area contributed by atoms with E-state index in [0.717, 1.165) is 50.6 Å². The number of nitrogens with zero attached hydrogens (tertiary/aromatic N) is 2. The largest absolute Gasteiger partial charge is 0.573 e. The molecular weight excluding hydrogens is 537 g/mol. The average Bonchev–Trinajstić information content (AvgIpc) is 3.70. The summed E-state index contributed by atoms with van der Waals surface area (Å²) in [5.41, 5.74) is 5.01. The number of carbonyl (C=O) groups excluding carboxylic acids is 1. The van der Waals surface area contributed by atoms with Gasteiger partial charge in [0.05, 0.1) is 18.3 Å². The van der Waals surface area contributed by atoms with E-state index in [4.69, 9.17) is 15.1 Å². The monoisotopic (exact) mass is 568 g/mol. The standard InChI is InChI=1S/C30H31F3N4O4/c31-30(32,33)40-23-4-2-1-3-21(23)26-22(27(41-37-26)16-5-6-16)15-39-20-9-7-17-12-29(13-19(11-20)25(17)29)24-10-8-18(14-35-24)28(38)36-34/h1-4,8,10,14,16-17,19-20,25H,5-7,9,11-13,15,34H2,(H,36,38)/t17-,19-,20+,25?,29?/m0/s1. The predicted octanol–water partition coefficient (Wildman–Crippen LogP) is 5.78. The zero-order valence-electron chi connectivity index (χ0n) is 22.3. The highest BCUT2D eigenvalue weighted by Gasteiger charge is 2.66. The highest BCUT2D eigenvalue weighted by Crippen LogP contribution is 2.70. The van der Waals surface area contributed by atoms with Gasteiger partial charge in [0.1, 0.15) is 17.2 Å². The lowest BCUT2D eigenvalue weighted by Crippen LogP contribution is -2.63. The molecule has 4 saturated carbocycles. The Morgan fingerprint density at radius 3 is 2.63 bits per heavy atom. The molecule has 41 heavy (non-hydrogen) atoms. The molecule has 0 saturated heterocycles. The van der Waals surface area contributed by atoms with Crippen LogP contribution in [0.2, 0.25) is 0 Å². The van der Waals surface area contributed by atoms with Gasteiger partial charge in [0.15, 0.2) is 0 Å². The number of halogens is 3. The molecule has 0 aliphatic heterocycles. The van der Waals surface area contributed by atoms with E-state index in [9.17, 15) is 18.0 Å². The van der Waals surface area contributed by atoms with E-state index in [-0.39, 0.29) is 41.3 Å². The van der Waals surface area contributed by atoms with Crippen molar-refractivity contribution >= 4 is 5.91 Å². The first-order chi connectivity index (χ1) is 19.8. The van der Waals surface area contributed by atoms with Crippen molar-refractivity contribution in [3.8, 4) is 17.0 Å². The number of hydrazine groups is 1. The summed E-state index contributed by atoms with van der Waals surface area (Å²) < 4.78 is 55.8. The summed E-state index contributed by atoms with van der Waals surface area (Å²) in [6, 6.07) is 9.77. The summed E-state index contributed by atoms with van der Waals surface area (Å²) >= 11 is 0. The van der Waals surface area contributed by atoms with Crippen LogP contribution in [0.15, 0.2) is 47.1 Å². The number of amides is 1. The number of aromatic nitrogens is 2. The molecule has 1 aromatic carbocycles. The van der Waals surface area contributed by atoms with E-state index < -0.39 is 6.36 Å². The number of pyridine rings is 1. The van der Waals surface area contributed by atoms with Crippen molar-refractivity contribution in [3.05, 3.63) is 65.2 Å². The number of ether oxygens (including phenoxy) is 2. The Hall–Kier alpha value is -3.44. The number of nitrogen functional groups attached to an aromatic ring is 1. The highest BCUT2D eigenvalue weighted by atomic mass is 19.4. The van der Waals surface area contributed by atoms with Crippen LogP contribution in [0.3, 0.4) is 0 Å². The molecule has 216 valence electrons. The highest BCUT2D eigenvalue weighted by molar-refractivity contribution is 5.93. The number of hydrogen-bond donors (Lipinski definition) is 2. The van der Waals surface area contributed by atoms with Crippen LogP contribution in [-0.2, 0) is 16.8 Å². The van der Waals surface area contributed by atoms with Crippen LogP contribution in [-0.4, -0.2) is 28.5 Å². The lowest BCUT2D eigenvalue weighted by molar-refractivity contribution is -0.274. The molecule has 3 aromatic rings. The zero-order chi connectivity index (χ0) is 28.4. The molecule has 0 bridgehead atoms. The maximum atomic E-state index is 13.1. The molecule has 4 aliphatic carbocycles. The van der Waals surface area contributed by atoms with Crippen molar-refractivity contribution in [2.45, 2.75) is 75.4 Å². The number of alkyl halides is 3. The van der Waals surface area contributed by atoms with Crippen LogP contribution in [0.4, 0.5) is 13.2 Å². The van der Waals surface area contributed by atoms with Crippen molar-refractivity contribution in [3.63, 3.8) is 0 Å². The van der Waals surface area contributed by atoms with Crippen LogP contribution in [0.25, 0.3) is 11.3 Å². The molecule has 4 fully saturated rings. The van der Waals surface area contributed by atoms with E-state index in [1.807, 2.05) is 6.07 Å². The van der Waals surface area contributed by atoms with Gasteiger partial charge in [0, 0.05) is 34.4 Å². The zero-order valence-corrected chi connectivity index (χ0v) is 22.3. The van der Waals surface area contributed by atoms with Crippen molar-refractivity contribution in [2.75, 3.05) is 0 Å². The minimum atomic E-state index is -4.82. The van der Waals surface area contributed by atoms with E-state index >= 15 is 0 Å². The quantitative estimate of drug-likeness (QED) is 0.201. The van der Waals surface area contributed by atoms with Gasteiger partial charge in [-0.1, -0.05) is 17.3 Å². The third-order valence-electron chi connectivity index (χ3n) is 9.60. The lowest BCUT2D eigenvalue weighted by atomic mass is 9.37. The number of nitrogens with one attached hydrogen (secondary N) is 1. The van der Waals surface area contributed by atoms with E-state index in [1.165, 1.54) is 12.1 Å².